The Labute approximate surface area is 117 Å². The highest BCUT2D eigenvalue weighted by atomic mass is 16.5. The quantitative estimate of drug-likeness (QED) is 0.834. The number of ether oxygens (including phenoxy) is 1. The Morgan fingerprint density at radius 1 is 1.21 bits per heavy atom. The van der Waals surface area contributed by atoms with E-state index in [0.717, 1.165) is 19.6 Å². The van der Waals surface area contributed by atoms with Crippen LogP contribution in [-0.2, 0) is 4.74 Å². The van der Waals surface area contributed by atoms with Gasteiger partial charge in [-0.15, -0.1) is 0 Å². The van der Waals surface area contributed by atoms with Gasteiger partial charge in [-0.25, -0.2) is 0 Å². The van der Waals surface area contributed by atoms with Gasteiger partial charge in [0.2, 0.25) is 0 Å². The van der Waals surface area contributed by atoms with E-state index in [-0.39, 0.29) is 0 Å². The normalized spacial score (nSPS) is 20.9. The van der Waals surface area contributed by atoms with Gasteiger partial charge in [-0.2, -0.15) is 0 Å². The fraction of sp³-hybridized carbons (Fsp3) is 0.647. The lowest BCUT2D eigenvalue weighted by atomic mass is 9.95. The molecule has 1 N–H and O–H groups in total. The predicted octanol–water partition coefficient (Wildman–Crippen LogP) is 4.03. The van der Waals surface area contributed by atoms with Crippen LogP contribution in [0.25, 0.3) is 0 Å². The zero-order valence-corrected chi connectivity index (χ0v) is 12.5. The number of hydrogen-bond acceptors (Lipinski definition) is 2. The van der Waals surface area contributed by atoms with Gasteiger partial charge in [0, 0.05) is 12.6 Å². The molecule has 2 atom stereocenters. The van der Waals surface area contributed by atoms with Crippen LogP contribution >= 0.6 is 0 Å². The molecule has 1 saturated heterocycles. The lowest BCUT2D eigenvalue weighted by Crippen LogP contribution is -2.25. The van der Waals surface area contributed by atoms with Crippen LogP contribution in [-0.4, -0.2) is 19.3 Å². The first-order valence-electron chi connectivity index (χ1n) is 7.65. The summed E-state index contributed by atoms with van der Waals surface area (Å²) in [4.78, 5) is 0. The number of hydrogen-bond donors (Lipinski definition) is 1. The van der Waals surface area contributed by atoms with Gasteiger partial charge in [-0.05, 0) is 42.9 Å². The summed E-state index contributed by atoms with van der Waals surface area (Å²) in [5.41, 5.74) is 2.80. The van der Waals surface area contributed by atoms with Crippen molar-refractivity contribution in [2.45, 2.75) is 58.1 Å². The first kappa shape index (κ1) is 14.5. The average molecular weight is 261 g/mol. The summed E-state index contributed by atoms with van der Waals surface area (Å²) in [6.07, 6.45) is 3.96. The molecule has 0 amide bonds. The first-order chi connectivity index (χ1) is 9.20. The summed E-state index contributed by atoms with van der Waals surface area (Å²) in [6.45, 7) is 8.59. The topological polar surface area (TPSA) is 21.3 Å². The molecule has 2 unspecified atom stereocenters. The van der Waals surface area contributed by atoms with Gasteiger partial charge in [-0.3, -0.25) is 0 Å². The Kier molecular flexibility index (Phi) is 5.41. The van der Waals surface area contributed by atoms with E-state index in [2.05, 4.69) is 50.4 Å². The van der Waals surface area contributed by atoms with E-state index in [4.69, 9.17) is 4.74 Å². The molecule has 0 radical (unpaired) electrons. The van der Waals surface area contributed by atoms with E-state index in [1.54, 1.807) is 0 Å². The highest BCUT2D eigenvalue weighted by Crippen LogP contribution is 2.26. The van der Waals surface area contributed by atoms with Crippen LogP contribution in [0.3, 0.4) is 0 Å². The van der Waals surface area contributed by atoms with Gasteiger partial charge < -0.3 is 10.1 Å². The Balaban J connectivity index is 2.04. The zero-order valence-electron chi connectivity index (χ0n) is 12.5. The van der Waals surface area contributed by atoms with Crippen molar-refractivity contribution in [3.05, 3.63) is 35.4 Å². The molecular weight excluding hydrogens is 234 g/mol. The molecule has 19 heavy (non-hydrogen) atoms. The van der Waals surface area contributed by atoms with Crippen LogP contribution < -0.4 is 5.32 Å². The molecule has 0 aliphatic carbocycles. The molecule has 106 valence electrons. The monoisotopic (exact) mass is 261 g/mol. The maximum atomic E-state index is 5.77. The summed E-state index contributed by atoms with van der Waals surface area (Å²) in [6, 6.07) is 9.50. The number of rotatable bonds is 6. The van der Waals surface area contributed by atoms with E-state index in [1.807, 2.05) is 0 Å². The van der Waals surface area contributed by atoms with Gasteiger partial charge in [0.15, 0.2) is 0 Å². The molecule has 1 aliphatic rings. The van der Waals surface area contributed by atoms with Gasteiger partial charge >= 0.3 is 0 Å². The fourth-order valence-corrected chi connectivity index (χ4v) is 2.79. The maximum Gasteiger partial charge on any atom is 0.0594 e. The molecule has 1 heterocycles. The molecule has 0 bridgehead atoms. The van der Waals surface area contributed by atoms with Crippen LogP contribution in [0.5, 0.6) is 0 Å². The number of benzene rings is 1. The largest absolute Gasteiger partial charge is 0.378 e. The molecule has 0 saturated carbocycles. The van der Waals surface area contributed by atoms with Gasteiger partial charge in [0.05, 0.1) is 6.10 Å². The minimum absolute atomic E-state index is 0.425. The molecule has 1 aromatic carbocycles. The third kappa shape index (κ3) is 4.05. The SMILES string of the molecule is CCNC(CC1CCCO1)c1ccc(C(C)C)cc1. The lowest BCUT2D eigenvalue weighted by Gasteiger charge is -2.22. The smallest absolute Gasteiger partial charge is 0.0594 e. The Hall–Kier alpha value is -0.860. The van der Waals surface area contributed by atoms with E-state index >= 15 is 0 Å². The maximum absolute atomic E-state index is 5.77. The third-order valence-corrected chi connectivity index (χ3v) is 3.98. The second-order valence-electron chi connectivity index (χ2n) is 5.80. The van der Waals surface area contributed by atoms with Crippen molar-refractivity contribution in [2.75, 3.05) is 13.2 Å². The second kappa shape index (κ2) is 7.06. The predicted molar refractivity (Wildman–Crippen MR) is 80.5 cm³/mol. The van der Waals surface area contributed by atoms with Crippen molar-refractivity contribution in [3.8, 4) is 0 Å². The van der Waals surface area contributed by atoms with Gasteiger partial charge in [-0.1, -0.05) is 45.0 Å². The Morgan fingerprint density at radius 3 is 2.42 bits per heavy atom. The van der Waals surface area contributed by atoms with Crippen molar-refractivity contribution in [1.82, 2.24) is 5.32 Å². The summed E-state index contributed by atoms with van der Waals surface area (Å²) >= 11 is 0. The summed E-state index contributed by atoms with van der Waals surface area (Å²) < 4.78 is 5.77. The molecule has 0 aromatic heterocycles. The van der Waals surface area contributed by atoms with Crippen LogP contribution in [0.4, 0.5) is 0 Å². The Bertz CT molecular complexity index is 365. The highest BCUT2D eigenvalue weighted by Gasteiger charge is 2.21. The van der Waals surface area contributed by atoms with Crippen LogP contribution in [0.1, 0.15) is 63.1 Å². The third-order valence-electron chi connectivity index (χ3n) is 3.98. The summed E-state index contributed by atoms with van der Waals surface area (Å²) in [5, 5.41) is 3.59. The molecule has 1 aliphatic heterocycles. The molecule has 1 fully saturated rings. The molecule has 2 heteroatoms. The van der Waals surface area contributed by atoms with E-state index in [9.17, 15) is 0 Å². The fourth-order valence-electron chi connectivity index (χ4n) is 2.79. The van der Waals surface area contributed by atoms with E-state index in [0.29, 0.717) is 18.1 Å². The van der Waals surface area contributed by atoms with Gasteiger partial charge in [0.25, 0.3) is 0 Å². The summed E-state index contributed by atoms with van der Waals surface area (Å²) in [7, 11) is 0. The first-order valence-corrected chi connectivity index (χ1v) is 7.65. The highest BCUT2D eigenvalue weighted by molar-refractivity contribution is 5.27. The van der Waals surface area contributed by atoms with Gasteiger partial charge in [0.1, 0.15) is 0 Å². The van der Waals surface area contributed by atoms with Crippen molar-refractivity contribution in [2.24, 2.45) is 0 Å². The molecule has 2 rings (SSSR count). The second-order valence-corrected chi connectivity index (χ2v) is 5.80. The zero-order chi connectivity index (χ0) is 13.7. The van der Waals surface area contributed by atoms with E-state index in [1.165, 1.54) is 24.0 Å². The number of nitrogens with one attached hydrogen (secondary N) is 1. The minimum atomic E-state index is 0.425. The molecular formula is C17H27NO. The average Bonchev–Trinajstić information content (AvgIpc) is 2.91. The van der Waals surface area contributed by atoms with Crippen LogP contribution in [0.15, 0.2) is 24.3 Å². The van der Waals surface area contributed by atoms with Crippen molar-refractivity contribution in [1.29, 1.82) is 0 Å². The molecule has 2 nitrogen and oxygen atoms in total. The van der Waals surface area contributed by atoms with Crippen molar-refractivity contribution >= 4 is 0 Å². The Morgan fingerprint density at radius 2 is 1.89 bits per heavy atom. The lowest BCUT2D eigenvalue weighted by molar-refractivity contribution is 0.0947. The van der Waals surface area contributed by atoms with Crippen molar-refractivity contribution < 1.29 is 4.74 Å². The van der Waals surface area contributed by atoms with Crippen molar-refractivity contribution in [3.63, 3.8) is 0 Å². The van der Waals surface area contributed by atoms with Crippen LogP contribution in [0, 0.1) is 0 Å². The van der Waals surface area contributed by atoms with E-state index < -0.39 is 0 Å². The standard InChI is InChI=1S/C17H27NO/c1-4-18-17(12-16-6-5-11-19-16)15-9-7-14(8-10-15)13(2)3/h7-10,13,16-18H,4-6,11-12H2,1-3H3. The van der Waals surface area contributed by atoms with Crippen LogP contribution in [0.2, 0.25) is 0 Å². The minimum Gasteiger partial charge on any atom is -0.378 e. The molecule has 1 aromatic rings. The molecule has 0 spiro atoms. The summed E-state index contributed by atoms with van der Waals surface area (Å²) in [5.74, 6) is 0.602.